The highest BCUT2D eigenvalue weighted by atomic mass is 16.6. The molecular formula is C16H18O8. The van der Waals surface area contributed by atoms with Crippen LogP contribution < -0.4 is 0 Å². The molecule has 1 unspecified atom stereocenters. The van der Waals surface area contributed by atoms with Crippen molar-refractivity contribution in [2.24, 2.45) is 0 Å². The fraction of sp³-hybridized carbons (Fsp3) is 0.375. The Balaban J connectivity index is 2.03. The van der Waals surface area contributed by atoms with Crippen LogP contribution in [0.2, 0.25) is 0 Å². The summed E-state index contributed by atoms with van der Waals surface area (Å²) >= 11 is 0. The Morgan fingerprint density at radius 3 is 2.38 bits per heavy atom. The van der Waals surface area contributed by atoms with E-state index in [0.29, 0.717) is 5.56 Å². The molecule has 0 aromatic heterocycles. The summed E-state index contributed by atoms with van der Waals surface area (Å²) in [5.74, 6) is -2.36. The summed E-state index contributed by atoms with van der Waals surface area (Å²) < 4.78 is 4.96. The van der Waals surface area contributed by atoms with E-state index in [0.717, 1.165) is 6.08 Å². The molecule has 130 valence electrons. The fourth-order valence-electron chi connectivity index (χ4n) is 2.48. The molecule has 5 N–H and O–H groups in total. The van der Waals surface area contributed by atoms with E-state index in [2.05, 4.69) is 0 Å². The predicted octanol–water partition coefficient (Wildman–Crippen LogP) is -0.352. The standard InChI is InChI=1S/C16H18O8/c17-10-4-1-9(2-5-10)3-6-13(19)24-12-8-16(23,15(21)22)7-11(18)14(12)20/h1-6,11-12,14,17-18,20,23H,7-8H2,(H,21,22)/b6-3+/t11?,12-,14-,16+/m0/s1. The van der Waals surface area contributed by atoms with Crippen LogP contribution in [0.3, 0.4) is 0 Å². The SMILES string of the molecule is O=C(/C=C/c1ccc(O)cc1)O[C@H]1C[C@@](O)(C(=O)O)CC(O)[C@@H]1O. The minimum absolute atomic E-state index is 0.0713. The Labute approximate surface area is 137 Å². The van der Waals surface area contributed by atoms with Gasteiger partial charge in [-0.15, -0.1) is 0 Å². The van der Waals surface area contributed by atoms with Gasteiger partial charge in [-0.1, -0.05) is 12.1 Å². The van der Waals surface area contributed by atoms with Gasteiger partial charge < -0.3 is 30.3 Å². The molecule has 8 nitrogen and oxygen atoms in total. The van der Waals surface area contributed by atoms with Crippen molar-refractivity contribution in [1.82, 2.24) is 0 Å². The van der Waals surface area contributed by atoms with Gasteiger partial charge in [0.2, 0.25) is 0 Å². The van der Waals surface area contributed by atoms with Crippen molar-refractivity contribution in [3.8, 4) is 5.75 Å². The largest absolute Gasteiger partial charge is 0.508 e. The first kappa shape index (κ1) is 17.9. The second-order valence-electron chi connectivity index (χ2n) is 5.70. The van der Waals surface area contributed by atoms with Gasteiger partial charge in [-0.3, -0.25) is 0 Å². The van der Waals surface area contributed by atoms with E-state index < -0.39 is 48.7 Å². The number of ether oxygens (including phenoxy) is 1. The third-order valence-electron chi connectivity index (χ3n) is 3.83. The second-order valence-corrected chi connectivity index (χ2v) is 5.70. The van der Waals surface area contributed by atoms with Crippen molar-refractivity contribution in [3.63, 3.8) is 0 Å². The number of carbonyl (C=O) groups excluding carboxylic acids is 1. The van der Waals surface area contributed by atoms with E-state index in [1.54, 1.807) is 12.1 Å². The van der Waals surface area contributed by atoms with Crippen molar-refractivity contribution < 1.29 is 39.9 Å². The van der Waals surface area contributed by atoms with Crippen molar-refractivity contribution in [1.29, 1.82) is 0 Å². The number of carboxylic acid groups (broad SMARTS) is 1. The average molecular weight is 338 g/mol. The molecule has 1 aliphatic rings. The lowest BCUT2D eigenvalue weighted by atomic mass is 9.79. The van der Waals surface area contributed by atoms with Gasteiger partial charge in [-0.05, 0) is 23.8 Å². The van der Waals surface area contributed by atoms with Gasteiger partial charge in [-0.2, -0.15) is 0 Å². The van der Waals surface area contributed by atoms with Crippen LogP contribution in [0.4, 0.5) is 0 Å². The zero-order valence-corrected chi connectivity index (χ0v) is 12.6. The van der Waals surface area contributed by atoms with Crippen LogP contribution in [0.1, 0.15) is 18.4 Å². The molecule has 0 bridgehead atoms. The van der Waals surface area contributed by atoms with E-state index in [1.807, 2.05) is 0 Å². The van der Waals surface area contributed by atoms with E-state index in [4.69, 9.17) is 14.9 Å². The number of esters is 1. The van der Waals surface area contributed by atoms with E-state index >= 15 is 0 Å². The Bertz CT molecular complexity index is 638. The van der Waals surface area contributed by atoms with Crippen LogP contribution in [0, 0.1) is 0 Å². The Hall–Kier alpha value is -2.42. The highest BCUT2D eigenvalue weighted by Crippen LogP contribution is 2.31. The number of aliphatic carboxylic acids is 1. The minimum atomic E-state index is -2.27. The van der Waals surface area contributed by atoms with E-state index in [-0.39, 0.29) is 5.75 Å². The first-order valence-electron chi connectivity index (χ1n) is 7.21. The van der Waals surface area contributed by atoms with Crippen molar-refractivity contribution >= 4 is 18.0 Å². The Morgan fingerprint density at radius 1 is 1.17 bits per heavy atom. The minimum Gasteiger partial charge on any atom is -0.508 e. The quantitative estimate of drug-likeness (QED) is 0.370. The number of carbonyl (C=O) groups is 2. The average Bonchev–Trinajstić information content (AvgIpc) is 2.51. The normalized spacial score (nSPS) is 30.2. The van der Waals surface area contributed by atoms with Gasteiger partial charge in [0.05, 0.1) is 6.10 Å². The number of phenols is 1. The van der Waals surface area contributed by atoms with Gasteiger partial charge in [0.1, 0.15) is 18.0 Å². The number of benzene rings is 1. The van der Waals surface area contributed by atoms with Crippen LogP contribution in [-0.2, 0) is 14.3 Å². The lowest BCUT2D eigenvalue weighted by Crippen LogP contribution is -2.57. The summed E-state index contributed by atoms with van der Waals surface area (Å²) in [7, 11) is 0. The first-order chi connectivity index (χ1) is 11.2. The zero-order valence-electron chi connectivity index (χ0n) is 12.6. The van der Waals surface area contributed by atoms with Crippen molar-refractivity contribution in [2.75, 3.05) is 0 Å². The van der Waals surface area contributed by atoms with Gasteiger partial charge in [0.25, 0.3) is 0 Å². The summed E-state index contributed by atoms with van der Waals surface area (Å²) in [5.41, 5.74) is -1.67. The van der Waals surface area contributed by atoms with Gasteiger partial charge in [0.15, 0.2) is 5.60 Å². The monoisotopic (exact) mass is 338 g/mol. The molecule has 0 amide bonds. The Kier molecular flexibility index (Phi) is 5.23. The summed E-state index contributed by atoms with van der Waals surface area (Å²) in [6.07, 6.45) is -3.00. The first-order valence-corrected chi connectivity index (χ1v) is 7.21. The lowest BCUT2D eigenvalue weighted by molar-refractivity contribution is -0.196. The molecule has 0 spiro atoms. The molecule has 0 saturated heterocycles. The number of hydrogen-bond donors (Lipinski definition) is 5. The van der Waals surface area contributed by atoms with Crippen LogP contribution in [0.25, 0.3) is 6.08 Å². The predicted molar refractivity (Wildman–Crippen MR) is 80.9 cm³/mol. The number of carboxylic acids is 1. The van der Waals surface area contributed by atoms with Gasteiger partial charge >= 0.3 is 11.9 Å². The number of rotatable bonds is 4. The molecule has 0 radical (unpaired) electrons. The molecule has 1 aromatic rings. The maximum atomic E-state index is 11.8. The third kappa shape index (κ3) is 4.10. The second kappa shape index (κ2) is 7.00. The molecule has 1 fully saturated rings. The highest BCUT2D eigenvalue weighted by Gasteiger charge is 2.50. The topological polar surface area (TPSA) is 145 Å². The number of hydrogen-bond acceptors (Lipinski definition) is 7. The molecule has 1 saturated carbocycles. The van der Waals surface area contributed by atoms with Crippen LogP contribution in [-0.4, -0.2) is 61.4 Å². The van der Waals surface area contributed by atoms with Crippen LogP contribution >= 0.6 is 0 Å². The summed E-state index contributed by atoms with van der Waals surface area (Å²) in [4.78, 5) is 22.9. The van der Waals surface area contributed by atoms with Gasteiger partial charge in [-0.25, -0.2) is 9.59 Å². The zero-order chi connectivity index (χ0) is 17.9. The number of aliphatic hydroxyl groups excluding tert-OH is 2. The molecule has 8 heteroatoms. The maximum absolute atomic E-state index is 11.8. The summed E-state index contributed by atoms with van der Waals surface area (Å²) in [5, 5.41) is 47.6. The molecular weight excluding hydrogens is 320 g/mol. The van der Waals surface area contributed by atoms with Crippen molar-refractivity contribution in [2.45, 2.75) is 36.8 Å². The Morgan fingerprint density at radius 2 is 1.79 bits per heavy atom. The maximum Gasteiger partial charge on any atom is 0.335 e. The molecule has 1 aromatic carbocycles. The molecule has 1 aliphatic carbocycles. The highest BCUT2D eigenvalue weighted by molar-refractivity contribution is 5.87. The van der Waals surface area contributed by atoms with Crippen molar-refractivity contribution in [3.05, 3.63) is 35.9 Å². The smallest absolute Gasteiger partial charge is 0.335 e. The van der Waals surface area contributed by atoms with E-state index in [1.165, 1.54) is 18.2 Å². The molecule has 24 heavy (non-hydrogen) atoms. The molecule has 0 heterocycles. The lowest BCUT2D eigenvalue weighted by Gasteiger charge is -2.39. The summed E-state index contributed by atoms with van der Waals surface area (Å²) in [6.45, 7) is 0. The molecule has 4 atom stereocenters. The van der Waals surface area contributed by atoms with Crippen LogP contribution in [0.5, 0.6) is 5.75 Å². The number of aliphatic hydroxyl groups is 3. The third-order valence-corrected chi connectivity index (χ3v) is 3.83. The molecule has 2 rings (SSSR count). The number of aromatic hydroxyl groups is 1. The van der Waals surface area contributed by atoms with E-state index in [9.17, 15) is 24.9 Å². The molecule has 0 aliphatic heterocycles. The fourth-order valence-corrected chi connectivity index (χ4v) is 2.48. The summed E-state index contributed by atoms with van der Waals surface area (Å²) in [6, 6.07) is 5.97. The van der Waals surface area contributed by atoms with Crippen LogP contribution in [0.15, 0.2) is 30.3 Å². The number of phenolic OH excluding ortho intramolecular Hbond substituents is 1. The van der Waals surface area contributed by atoms with Gasteiger partial charge in [0, 0.05) is 18.9 Å².